The van der Waals surface area contributed by atoms with Crippen molar-refractivity contribution >= 4 is 17.6 Å². The Kier molecular flexibility index (Phi) is 3.02. The number of urea groups is 1. The molecule has 0 atom stereocenters. The van der Waals surface area contributed by atoms with E-state index in [1.165, 1.54) is 23.1 Å². The smallest absolute Gasteiger partial charge is 0.323 e. The number of carbonyl (C=O) groups excluding carboxylic acids is 2. The van der Waals surface area contributed by atoms with Crippen molar-refractivity contribution in [2.24, 2.45) is 0 Å². The molecule has 1 aromatic carbocycles. The van der Waals surface area contributed by atoms with Crippen LogP contribution in [-0.2, 0) is 0 Å². The zero-order chi connectivity index (χ0) is 15.0. The average Bonchev–Trinajstić information content (AvgIpc) is 3.09. The Hall–Kier alpha value is -2.96. The second kappa shape index (κ2) is 4.86. The van der Waals surface area contributed by atoms with Crippen LogP contribution in [0.15, 0.2) is 30.5 Å². The Morgan fingerprint density at radius 3 is 2.67 bits per heavy atom. The van der Waals surface area contributed by atoms with Gasteiger partial charge in [0, 0.05) is 24.8 Å². The highest BCUT2D eigenvalue weighted by Crippen LogP contribution is 2.28. The molecule has 0 bridgehead atoms. The Morgan fingerprint density at radius 1 is 1.19 bits per heavy atom. The van der Waals surface area contributed by atoms with Gasteiger partial charge in [-0.15, -0.1) is 0 Å². The van der Waals surface area contributed by atoms with Crippen molar-refractivity contribution in [3.8, 4) is 11.5 Å². The summed E-state index contributed by atoms with van der Waals surface area (Å²) in [6.07, 6.45) is 1.58. The molecule has 2 amide bonds. The van der Waals surface area contributed by atoms with E-state index in [9.17, 15) is 19.8 Å². The van der Waals surface area contributed by atoms with Crippen molar-refractivity contribution in [2.75, 3.05) is 18.0 Å². The Labute approximate surface area is 119 Å². The van der Waals surface area contributed by atoms with Crippen molar-refractivity contribution in [2.45, 2.75) is 0 Å². The van der Waals surface area contributed by atoms with Crippen molar-refractivity contribution in [3.63, 3.8) is 0 Å². The highest BCUT2D eigenvalue weighted by molar-refractivity contribution is 6.14. The number of hydrogen-bond acceptors (Lipinski definition) is 4. The minimum Gasteiger partial charge on any atom is -0.504 e. The molecule has 0 spiro atoms. The van der Waals surface area contributed by atoms with E-state index < -0.39 is 0 Å². The monoisotopic (exact) mass is 287 g/mol. The van der Waals surface area contributed by atoms with Gasteiger partial charge >= 0.3 is 6.03 Å². The number of rotatable bonds is 3. The van der Waals surface area contributed by atoms with Gasteiger partial charge in [0.15, 0.2) is 17.3 Å². The van der Waals surface area contributed by atoms with E-state index in [1.807, 2.05) is 0 Å². The van der Waals surface area contributed by atoms with E-state index in [1.54, 1.807) is 12.3 Å². The number of ketones is 1. The number of benzene rings is 1. The lowest BCUT2D eigenvalue weighted by atomic mass is 10.0. The highest BCUT2D eigenvalue weighted by atomic mass is 16.3. The maximum Gasteiger partial charge on any atom is 0.323 e. The number of anilines is 1. The number of amides is 2. The molecule has 2 heterocycles. The van der Waals surface area contributed by atoms with Gasteiger partial charge < -0.3 is 20.5 Å². The summed E-state index contributed by atoms with van der Waals surface area (Å²) in [5.41, 5.74) is 0.558. The maximum atomic E-state index is 12.5. The molecule has 0 aliphatic carbocycles. The Bertz CT molecular complexity index is 723. The number of phenols is 2. The molecule has 1 aliphatic heterocycles. The van der Waals surface area contributed by atoms with E-state index in [0.29, 0.717) is 24.5 Å². The zero-order valence-corrected chi connectivity index (χ0v) is 11.0. The van der Waals surface area contributed by atoms with Gasteiger partial charge in [0.25, 0.3) is 0 Å². The second-order valence-electron chi connectivity index (χ2n) is 4.66. The molecule has 0 unspecified atom stereocenters. The normalized spacial score (nSPS) is 14.3. The number of H-pyrrole nitrogens is 1. The van der Waals surface area contributed by atoms with Gasteiger partial charge in [-0.1, -0.05) is 0 Å². The zero-order valence-electron chi connectivity index (χ0n) is 11.0. The topological polar surface area (TPSA) is 106 Å². The number of nitrogens with one attached hydrogen (secondary N) is 2. The number of aromatic nitrogens is 1. The van der Waals surface area contributed by atoms with Crippen LogP contribution in [0.2, 0.25) is 0 Å². The largest absolute Gasteiger partial charge is 0.504 e. The second-order valence-corrected chi connectivity index (χ2v) is 4.66. The van der Waals surface area contributed by atoms with Gasteiger partial charge in [-0.25, -0.2) is 4.79 Å². The molecule has 1 fully saturated rings. The molecule has 7 heteroatoms. The molecule has 108 valence electrons. The Morgan fingerprint density at radius 2 is 2.00 bits per heavy atom. The first kappa shape index (κ1) is 13.0. The van der Waals surface area contributed by atoms with Crippen LogP contribution in [-0.4, -0.2) is 40.1 Å². The van der Waals surface area contributed by atoms with Gasteiger partial charge in [0.2, 0.25) is 0 Å². The predicted octanol–water partition coefficient (Wildman–Crippen LogP) is 1.19. The molecular weight excluding hydrogens is 274 g/mol. The summed E-state index contributed by atoms with van der Waals surface area (Å²) >= 11 is 0. The molecule has 7 nitrogen and oxygen atoms in total. The van der Waals surface area contributed by atoms with E-state index in [-0.39, 0.29) is 28.9 Å². The number of nitrogens with zero attached hydrogens (tertiary/aromatic N) is 1. The van der Waals surface area contributed by atoms with E-state index in [4.69, 9.17) is 0 Å². The molecule has 0 saturated carbocycles. The summed E-state index contributed by atoms with van der Waals surface area (Å²) in [7, 11) is 0. The molecule has 4 N–H and O–H groups in total. The lowest BCUT2D eigenvalue weighted by Crippen LogP contribution is -2.29. The van der Waals surface area contributed by atoms with Crippen LogP contribution in [0.25, 0.3) is 0 Å². The summed E-state index contributed by atoms with van der Waals surface area (Å²) in [6.45, 7) is 0.992. The third kappa shape index (κ3) is 2.18. The molecule has 1 saturated heterocycles. The standard InChI is InChI=1S/C14H13N3O4/c18-10-2-1-8(7-11(10)19)12(20)9-3-4-15-13(9)17-6-5-16-14(17)21/h1-4,7,15,18-19H,5-6H2,(H,16,21). The molecule has 3 rings (SSSR count). The number of aromatic amines is 1. The first-order chi connectivity index (χ1) is 10.1. The van der Waals surface area contributed by atoms with Crippen molar-refractivity contribution in [1.29, 1.82) is 0 Å². The lowest BCUT2D eigenvalue weighted by molar-refractivity contribution is 0.103. The molecule has 1 aromatic heterocycles. The van der Waals surface area contributed by atoms with Crippen LogP contribution in [0, 0.1) is 0 Å². The number of phenolic OH excluding ortho intramolecular Hbond substituents is 2. The van der Waals surface area contributed by atoms with E-state index >= 15 is 0 Å². The summed E-state index contributed by atoms with van der Waals surface area (Å²) in [6, 6.07) is 5.17. The average molecular weight is 287 g/mol. The molecule has 1 aliphatic rings. The van der Waals surface area contributed by atoms with Gasteiger partial charge in [0.05, 0.1) is 5.56 Å². The third-order valence-electron chi connectivity index (χ3n) is 3.33. The fraction of sp³-hybridized carbons (Fsp3) is 0.143. The third-order valence-corrected chi connectivity index (χ3v) is 3.33. The van der Waals surface area contributed by atoms with Crippen LogP contribution in [0.4, 0.5) is 10.6 Å². The fourth-order valence-electron chi connectivity index (χ4n) is 2.27. The van der Waals surface area contributed by atoms with Crippen LogP contribution < -0.4 is 10.2 Å². The van der Waals surface area contributed by atoms with Crippen molar-refractivity contribution in [3.05, 3.63) is 41.6 Å². The van der Waals surface area contributed by atoms with E-state index in [0.717, 1.165) is 0 Å². The van der Waals surface area contributed by atoms with Crippen LogP contribution in [0.1, 0.15) is 15.9 Å². The van der Waals surface area contributed by atoms with Crippen LogP contribution >= 0.6 is 0 Å². The lowest BCUT2D eigenvalue weighted by Gasteiger charge is -2.14. The van der Waals surface area contributed by atoms with Crippen LogP contribution in [0.3, 0.4) is 0 Å². The Balaban J connectivity index is 1.97. The number of aromatic hydroxyl groups is 2. The quantitative estimate of drug-likeness (QED) is 0.502. The molecule has 0 radical (unpaired) electrons. The predicted molar refractivity (Wildman–Crippen MR) is 74.7 cm³/mol. The molecule has 21 heavy (non-hydrogen) atoms. The summed E-state index contributed by atoms with van der Waals surface area (Å²) in [4.78, 5) is 28.5. The maximum absolute atomic E-state index is 12.5. The van der Waals surface area contributed by atoms with E-state index in [2.05, 4.69) is 10.3 Å². The first-order valence-electron chi connectivity index (χ1n) is 6.37. The summed E-state index contributed by atoms with van der Waals surface area (Å²) in [5.74, 6) is -0.583. The number of hydrogen-bond donors (Lipinski definition) is 4. The molecular formula is C14H13N3O4. The first-order valence-corrected chi connectivity index (χ1v) is 6.37. The number of carbonyl (C=O) groups is 2. The summed E-state index contributed by atoms with van der Waals surface area (Å²) in [5, 5.41) is 21.4. The van der Waals surface area contributed by atoms with Gasteiger partial charge in [-0.05, 0) is 24.3 Å². The van der Waals surface area contributed by atoms with Crippen molar-refractivity contribution in [1.82, 2.24) is 10.3 Å². The van der Waals surface area contributed by atoms with Gasteiger partial charge in [0.1, 0.15) is 5.82 Å². The van der Waals surface area contributed by atoms with Crippen LogP contribution in [0.5, 0.6) is 11.5 Å². The SMILES string of the molecule is O=C(c1ccc(O)c(O)c1)c1cc[nH]c1N1CCNC1=O. The minimum absolute atomic E-state index is 0.228. The van der Waals surface area contributed by atoms with Crippen molar-refractivity contribution < 1.29 is 19.8 Å². The highest BCUT2D eigenvalue weighted by Gasteiger charge is 2.27. The van der Waals surface area contributed by atoms with Gasteiger partial charge in [-0.3, -0.25) is 9.69 Å². The minimum atomic E-state index is -0.364. The molecule has 2 aromatic rings. The van der Waals surface area contributed by atoms with Gasteiger partial charge in [-0.2, -0.15) is 0 Å². The fourth-order valence-corrected chi connectivity index (χ4v) is 2.27. The summed E-state index contributed by atoms with van der Waals surface area (Å²) < 4.78 is 0.